The molecular weight excluding hydrogens is 358 g/mol. The van der Waals surface area contributed by atoms with Crippen molar-refractivity contribution in [3.63, 3.8) is 0 Å². The SMILES string of the molecule is CC(C)[C@H](NC(=O)[C@H](C)NC(=O)c1cc2cc(Cl)ccc2n1C)C(=O)O. The van der Waals surface area contributed by atoms with Crippen molar-refractivity contribution in [2.75, 3.05) is 0 Å². The minimum atomic E-state index is -1.11. The van der Waals surface area contributed by atoms with Gasteiger partial charge in [-0.1, -0.05) is 25.4 Å². The summed E-state index contributed by atoms with van der Waals surface area (Å²) in [6.07, 6.45) is 0. The summed E-state index contributed by atoms with van der Waals surface area (Å²) < 4.78 is 1.71. The van der Waals surface area contributed by atoms with Crippen LogP contribution in [0.1, 0.15) is 31.3 Å². The molecule has 2 atom stereocenters. The van der Waals surface area contributed by atoms with E-state index in [0.29, 0.717) is 10.7 Å². The summed E-state index contributed by atoms with van der Waals surface area (Å²) >= 11 is 5.97. The van der Waals surface area contributed by atoms with Gasteiger partial charge >= 0.3 is 5.97 Å². The summed E-state index contributed by atoms with van der Waals surface area (Å²) in [6.45, 7) is 4.90. The molecule has 1 heterocycles. The Balaban J connectivity index is 2.12. The fraction of sp³-hybridized carbons (Fsp3) is 0.389. The first-order chi connectivity index (χ1) is 12.1. The van der Waals surface area contributed by atoms with Gasteiger partial charge in [-0.3, -0.25) is 9.59 Å². The first kappa shape index (κ1) is 19.8. The van der Waals surface area contributed by atoms with Gasteiger partial charge in [0.1, 0.15) is 17.8 Å². The molecule has 0 bridgehead atoms. The van der Waals surface area contributed by atoms with Crippen LogP contribution < -0.4 is 10.6 Å². The van der Waals surface area contributed by atoms with Crippen LogP contribution in [0.4, 0.5) is 0 Å². The highest BCUT2D eigenvalue weighted by Gasteiger charge is 2.27. The Morgan fingerprint density at radius 3 is 2.35 bits per heavy atom. The topological polar surface area (TPSA) is 100 Å². The molecule has 0 radical (unpaired) electrons. The molecule has 2 aromatic rings. The summed E-state index contributed by atoms with van der Waals surface area (Å²) in [7, 11) is 1.75. The number of nitrogens with zero attached hydrogens (tertiary/aromatic N) is 1. The van der Waals surface area contributed by atoms with E-state index in [0.717, 1.165) is 10.9 Å². The van der Waals surface area contributed by atoms with Gasteiger partial charge in [0.25, 0.3) is 5.91 Å². The normalized spacial score (nSPS) is 13.5. The third-order valence-electron chi connectivity index (χ3n) is 4.21. The van der Waals surface area contributed by atoms with Gasteiger partial charge in [0.15, 0.2) is 0 Å². The maximum absolute atomic E-state index is 12.5. The second-order valence-electron chi connectivity index (χ2n) is 6.56. The molecular formula is C18H22ClN3O4. The molecule has 7 nitrogen and oxygen atoms in total. The lowest BCUT2D eigenvalue weighted by Gasteiger charge is -2.21. The molecule has 0 saturated heterocycles. The fourth-order valence-electron chi connectivity index (χ4n) is 2.67. The van der Waals surface area contributed by atoms with E-state index in [9.17, 15) is 14.4 Å². The third kappa shape index (κ3) is 4.16. The zero-order chi connectivity index (χ0) is 19.6. The number of carbonyl (C=O) groups is 3. The lowest BCUT2D eigenvalue weighted by atomic mass is 10.0. The number of hydrogen-bond acceptors (Lipinski definition) is 3. The Morgan fingerprint density at radius 2 is 1.77 bits per heavy atom. The van der Waals surface area contributed by atoms with Gasteiger partial charge in [-0.05, 0) is 37.1 Å². The van der Waals surface area contributed by atoms with Crippen molar-refractivity contribution < 1.29 is 19.5 Å². The molecule has 2 rings (SSSR count). The molecule has 1 aromatic carbocycles. The van der Waals surface area contributed by atoms with Gasteiger partial charge in [-0.25, -0.2) is 4.79 Å². The summed E-state index contributed by atoms with van der Waals surface area (Å²) in [6, 6.07) is 5.09. The van der Waals surface area contributed by atoms with E-state index in [1.807, 2.05) is 6.07 Å². The summed E-state index contributed by atoms with van der Waals surface area (Å²) in [4.78, 5) is 35.9. The second kappa shape index (κ2) is 7.78. The van der Waals surface area contributed by atoms with Crippen LogP contribution in [-0.2, 0) is 16.6 Å². The number of amides is 2. The van der Waals surface area contributed by atoms with Crippen LogP contribution in [0.2, 0.25) is 5.02 Å². The summed E-state index contributed by atoms with van der Waals surface area (Å²) in [5, 5.41) is 15.6. The Hall–Kier alpha value is -2.54. The van der Waals surface area contributed by atoms with Crippen LogP contribution in [0.25, 0.3) is 10.9 Å². The lowest BCUT2D eigenvalue weighted by Crippen LogP contribution is -2.52. The van der Waals surface area contributed by atoms with Crippen molar-refractivity contribution in [3.05, 3.63) is 35.0 Å². The van der Waals surface area contributed by atoms with Gasteiger partial charge in [0, 0.05) is 23.0 Å². The number of halogens is 1. The number of fused-ring (bicyclic) bond motifs is 1. The molecule has 0 saturated carbocycles. The molecule has 0 aliphatic rings. The molecule has 26 heavy (non-hydrogen) atoms. The lowest BCUT2D eigenvalue weighted by molar-refractivity contribution is -0.143. The Bertz CT molecular complexity index is 859. The monoisotopic (exact) mass is 379 g/mol. The van der Waals surface area contributed by atoms with E-state index >= 15 is 0 Å². The van der Waals surface area contributed by atoms with E-state index in [1.54, 1.807) is 43.7 Å². The number of benzene rings is 1. The van der Waals surface area contributed by atoms with Crippen LogP contribution in [0, 0.1) is 5.92 Å². The van der Waals surface area contributed by atoms with Crippen molar-refractivity contribution in [2.24, 2.45) is 13.0 Å². The van der Waals surface area contributed by atoms with Gasteiger partial charge in [0.05, 0.1) is 0 Å². The predicted molar refractivity (Wildman–Crippen MR) is 99.3 cm³/mol. The second-order valence-corrected chi connectivity index (χ2v) is 6.99. The maximum Gasteiger partial charge on any atom is 0.326 e. The molecule has 1 aromatic heterocycles. The van der Waals surface area contributed by atoms with Gasteiger partial charge in [-0.15, -0.1) is 0 Å². The van der Waals surface area contributed by atoms with Crippen LogP contribution in [0.5, 0.6) is 0 Å². The standard InChI is InChI=1S/C18H22ClN3O4/c1-9(2)15(18(25)26)21-16(23)10(3)20-17(24)14-8-11-7-12(19)5-6-13(11)22(14)4/h5-10,15H,1-4H3,(H,20,24)(H,21,23)(H,25,26)/t10-,15-/m0/s1. The van der Waals surface area contributed by atoms with E-state index in [4.69, 9.17) is 16.7 Å². The van der Waals surface area contributed by atoms with Crippen molar-refractivity contribution >= 4 is 40.3 Å². The smallest absolute Gasteiger partial charge is 0.326 e. The van der Waals surface area contributed by atoms with Gasteiger partial charge < -0.3 is 20.3 Å². The van der Waals surface area contributed by atoms with Crippen LogP contribution in [0.15, 0.2) is 24.3 Å². The Labute approximate surface area is 156 Å². The molecule has 0 aliphatic carbocycles. The maximum atomic E-state index is 12.5. The van der Waals surface area contributed by atoms with Crippen molar-refractivity contribution in [1.82, 2.24) is 15.2 Å². The van der Waals surface area contributed by atoms with Crippen LogP contribution >= 0.6 is 11.6 Å². The van der Waals surface area contributed by atoms with Crippen LogP contribution in [-0.4, -0.2) is 39.5 Å². The van der Waals surface area contributed by atoms with E-state index in [2.05, 4.69) is 10.6 Å². The first-order valence-corrected chi connectivity index (χ1v) is 8.58. The molecule has 8 heteroatoms. The summed E-state index contributed by atoms with van der Waals surface area (Å²) in [5.74, 6) is -2.38. The number of aromatic nitrogens is 1. The number of nitrogens with one attached hydrogen (secondary N) is 2. The molecule has 0 aliphatic heterocycles. The molecule has 140 valence electrons. The molecule has 3 N–H and O–H groups in total. The van der Waals surface area contributed by atoms with E-state index in [1.165, 1.54) is 6.92 Å². The van der Waals surface area contributed by atoms with Crippen LogP contribution in [0.3, 0.4) is 0 Å². The Morgan fingerprint density at radius 1 is 1.12 bits per heavy atom. The van der Waals surface area contributed by atoms with Crippen molar-refractivity contribution in [2.45, 2.75) is 32.9 Å². The number of aryl methyl sites for hydroxylation is 1. The highest BCUT2D eigenvalue weighted by atomic mass is 35.5. The number of aliphatic carboxylic acids is 1. The largest absolute Gasteiger partial charge is 0.480 e. The van der Waals surface area contributed by atoms with Gasteiger partial charge in [0.2, 0.25) is 5.91 Å². The summed E-state index contributed by atoms with van der Waals surface area (Å²) in [5.41, 5.74) is 1.21. The molecule has 0 spiro atoms. The zero-order valence-corrected chi connectivity index (χ0v) is 15.8. The highest BCUT2D eigenvalue weighted by molar-refractivity contribution is 6.31. The Kier molecular flexibility index (Phi) is 5.92. The minimum absolute atomic E-state index is 0.276. The molecule has 2 amide bonds. The average molecular weight is 380 g/mol. The van der Waals surface area contributed by atoms with Gasteiger partial charge in [-0.2, -0.15) is 0 Å². The average Bonchev–Trinajstić information content (AvgIpc) is 2.87. The predicted octanol–water partition coefficient (Wildman–Crippen LogP) is 2.18. The number of carbonyl (C=O) groups excluding carboxylic acids is 2. The number of rotatable bonds is 6. The van der Waals surface area contributed by atoms with E-state index in [-0.39, 0.29) is 5.92 Å². The third-order valence-corrected chi connectivity index (χ3v) is 4.44. The first-order valence-electron chi connectivity index (χ1n) is 8.20. The number of hydrogen-bond donors (Lipinski definition) is 3. The minimum Gasteiger partial charge on any atom is -0.480 e. The van der Waals surface area contributed by atoms with Crippen molar-refractivity contribution in [3.8, 4) is 0 Å². The zero-order valence-electron chi connectivity index (χ0n) is 15.0. The van der Waals surface area contributed by atoms with Crippen molar-refractivity contribution in [1.29, 1.82) is 0 Å². The quantitative estimate of drug-likeness (QED) is 0.716. The molecule has 0 fully saturated rings. The fourth-order valence-corrected chi connectivity index (χ4v) is 2.85. The number of carboxylic acids is 1. The van der Waals surface area contributed by atoms with E-state index < -0.39 is 29.9 Å². The highest BCUT2D eigenvalue weighted by Crippen LogP contribution is 2.22. The number of carboxylic acid groups (broad SMARTS) is 1. The molecule has 0 unspecified atom stereocenters.